The van der Waals surface area contributed by atoms with Crippen LogP contribution in [0, 0.1) is 13.8 Å². The zero-order chi connectivity index (χ0) is 14.5. The van der Waals surface area contributed by atoms with E-state index < -0.39 is 0 Å². The standard InChI is InChI=1S/C18H20O2/c1-13-7-8-14(2)15(11-13)9-10-18(19)16-5-4-6-17(12-16)20-3/h4-8,11-12H,9-10H2,1-3H3. The molecule has 0 N–H and O–H groups in total. The minimum absolute atomic E-state index is 0.157. The summed E-state index contributed by atoms with van der Waals surface area (Å²) in [7, 11) is 1.61. The Morgan fingerprint density at radius 3 is 2.65 bits per heavy atom. The monoisotopic (exact) mass is 268 g/mol. The third-order valence-corrected chi connectivity index (χ3v) is 3.52. The molecule has 2 heteroatoms. The second kappa shape index (κ2) is 6.38. The molecule has 20 heavy (non-hydrogen) atoms. The lowest BCUT2D eigenvalue weighted by Gasteiger charge is -2.07. The summed E-state index contributed by atoms with van der Waals surface area (Å²) in [5.41, 5.74) is 4.45. The average molecular weight is 268 g/mol. The topological polar surface area (TPSA) is 26.3 Å². The van der Waals surface area contributed by atoms with Crippen LogP contribution >= 0.6 is 0 Å². The molecule has 0 amide bonds. The molecule has 0 aliphatic rings. The Balaban J connectivity index is 2.06. The average Bonchev–Trinajstić information content (AvgIpc) is 2.48. The van der Waals surface area contributed by atoms with Gasteiger partial charge in [-0.05, 0) is 43.5 Å². The van der Waals surface area contributed by atoms with Crippen LogP contribution < -0.4 is 4.74 Å². The molecule has 2 aromatic carbocycles. The van der Waals surface area contributed by atoms with E-state index >= 15 is 0 Å². The van der Waals surface area contributed by atoms with Crippen molar-refractivity contribution in [3.8, 4) is 5.75 Å². The first-order valence-corrected chi connectivity index (χ1v) is 6.83. The van der Waals surface area contributed by atoms with Gasteiger partial charge in [-0.3, -0.25) is 4.79 Å². The van der Waals surface area contributed by atoms with Crippen LogP contribution in [0.5, 0.6) is 5.75 Å². The number of carbonyl (C=O) groups excluding carboxylic acids is 1. The van der Waals surface area contributed by atoms with Gasteiger partial charge in [0.25, 0.3) is 0 Å². The van der Waals surface area contributed by atoms with Crippen LogP contribution in [0.15, 0.2) is 42.5 Å². The van der Waals surface area contributed by atoms with E-state index in [1.165, 1.54) is 16.7 Å². The van der Waals surface area contributed by atoms with Crippen molar-refractivity contribution in [2.45, 2.75) is 26.7 Å². The second-order valence-corrected chi connectivity index (χ2v) is 5.09. The van der Waals surface area contributed by atoms with E-state index in [9.17, 15) is 4.79 Å². The highest BCUT2D eigenvalue weighted by Crippen LogP contribution is 2.17. The first kappa shape index (κ1) is 14.3. The summed E-state index contributed by atoms with van der Waals surface area (Å²) in [6.07, 6.45) is 1.31. The molecule has 0 saturated heterocycles. The molecule has 2 nitrogen and oxygen atoms in total. The fraction of sp³-hybridized carbons (Fsp3) is 0.278. The fourth-order valence-electron chi connectivity index (χ4n) is 2.26. The van der Waals surface area contributed by atoms with E-state index in [0.29, 0.717) is 6.42 Å². The van der Waals surface area contributed by atoms with E-state index in [1.54, 1.807) is 13.2 Å². The fourth-order valence-corrected chi connectivity index (χ4v) is 2.26. The molecule has 0 spiro atoms. The molecule has 0 heterocycles. The molecule has 0 aliphatic heterocycles. The van der Waals surface area contributed by atoms with Gasteiger partial charge < -0.3 is 4.74 Å². The maximum absolute atomic E-state index is 12.2. The number of benzene rings is 2. The molecule has 2 aromatic rings. The van der Waals surface area contributed by atoms with Gasteiger partial charge in [0.2, 0.25) is 0 Å². The number of ketones is 1. The van der Waals surface area contributed by atoms with E-state index in [1.807, 2.05) is 18.2 Å². The predicted molar refractivity (Wildman–Crippen MR) is 81.6 cm³/mol. The van der Waals surface area contributed by atoms with Gasteiger partial charge in [-0.15, -0.1) is 0 Å². The van der Waals surface area contributed by atoms with Crippen LogP contribution in [0.2, 0.25) is 0 Å². The highest BCUT2D eigenvalue weighted by molar-refractivity contribution is 5.96. The SMILES string of the molecule is COc1cccc(C(=O)CCc2cc(C)ccc2C)c1. The third-order valence-electron chi connectivity index (χ3n) is 3.52. The minimum Gasteiger partial charge on any atom is -0.497 e. The molecule has 0 aliphatic carbocycles. The summed E-state index contributed by atoms with van der Waals surface area (Å²) < 4.78 is 5.15. The number of ether oxygens (including phenoxy) is 1. The van der Waals surface area contributed by atoms with Gasteiger partial charge in [0.15, 0.2) is 5.78 Å². The van der Waals surface area contributed by atoms with Crippen LogP contribution in [0.3, 0.4) is 0 Å². The number of methoxy groups -OCH3 is 1. The zero-order valence-electron chi connectivity index (χ0n) is 12.3. The Kier molecular flexibility index (Phi) is 4.57. The van der Waals surface area contributed by atoms with Crippen molar-refractivity contribution in [2.75, 3.05) is 7.11 Å². The Bertz CT molecular complexity index is 615. The van der Waals surface area contributed by atoms with Gasteiger partial charge in [-0.1, -0.05) is 35.9 Å². The van der Waals surface area contributed by atoms with Gasteiger partial charge in [0.1, 0.15) is 5.75 Å². The summed E-state index contributed by atoms with van der Waals surface area (Å²) in [4.78, 5) is 12.2. The number of carbonyl (C=O) groups is 1. The minimum atomic E-state index is 0.157. The van der Waals surface area contributed by atoms with Crippen molar-refractivity contribution in [3.63, 3.8) is 0 Å². The second-order valence-electron chi connectivity index (χ2n) is 5.09. The van der Waals surface area contributed by atoms with Crippen molar-refractivity contribution >= 4 is 5.78 Å². The molecule has 0 saturated carbocycles. The van der Waals surface area contributed by atoms with Crippen LogP contribution in [0.25, 0.3) is 0 Å². The summed E-state index contributed by atoms with van der Waals surface area (Å²) in [6, 6.07) is 13.7. The van der Waals surface area contributed by atoms with Crippen LogP contribution in [-0.2, 0) is 6.42 Å². The third kappa shape index (κ3) is 3.47. The van der Waals surface area contributed by atoms with Gasteiger partial charge in [-0.25, -0.2) is 0 Å². The number of rotatable bonds is 5. The van der Waals surface area contributed by atoms with Crippen molar-refractivity contribution in [1.82, 2.24) is 0 Å². The molecule has 0 atom stereocenters. The quantitative estimate of drug-likeness (QED) is 0.762. The van der Waals surface area contributed by atoms with Gasteiger partial charge in [0.05, 0.1) is 7.11 Å². The molecular weight excluding hydrogens is 248 g/mol. The molecule has 0 unspecified atom stereocenters. The Labute approximate surface area is 120 Å². The van der Waals surface area contributed by atoms with Crippen molar-refractivity contribution < 1.29 is 9.53 Å². The van der Waals surface area contributed by atoms with Crippen molar-refractivity contribution in [2.24, 2.45) is 0 Å². The van der Waals surface area contributed by atoms with Gasteiger partial charge >= 0.3 is 0 Å². The summed E-state index contributed by atoms with van der Waals surface area (Å²) >= 11 is 0. The van der Waals surface area contributed by atoms with Gasteiger partial charge in [0, 0.05) is 12.0 Å². The van der Waals surface area contributed by atoms with E-state index in [2.05, 4.69) is 32.0 Å². The smallest absolute Gasteiger partial charge is 0.163 e. The number of aryl methyl sites for hydroxylation is 3. The molecule has 104 valence electrons. The molecule has 2 rings (SSSR count). The van der Waals surface area contributed by atoms with Crippen molar-refractivity contribution in [3.05, 3.63) is 64.7 Å². The largest absolute Gasteiger partial charge is 0.497 e. The lowest BCUT2D eigenvalue weighted by molar-refractivity contribution is 0.0982. The van der Waals surface area contributed by atoms with Crippen LogP contribution in [0.1, 0.15) is 33.5 Å². The lowest BCUT2D eigenvalue weighted by Crippen LogP contribution is -2.02. The molecule has 0 radical (unpaired) electrons. The van der Waals surface area contributed by atoms with Crippen LogP contribution in [-0.4, -0.2) is 12.9 Å². The maximum Gasteiger partial charge on any atom is 0.163 e. The summed E-state index contributed by atoms with van der Waals surface area (Å²) in [6.45, 7) is 4.16. The van der Waals surface area contributed by atoms with Crippen LogP contribution in [0.4, 0.5) is 0 Å². The number of hydrogen-bond donors (Lipinski definition) is 0. The van der Waals surface area contributed by atoms with E-state index in [0.717, 1.165) is 17.7 Å². The van der Waals surface area contributed by atoms with Crippen molar-refractivity contribution in [1.29, 1.82) is 0 Å². The highest BCUT2D eigenvalue weighted by Gasteiger charge is 2.08. The first-order valence-electron chi connectivity index (χ1n) is 6.83. The number of hydrogen-bond acceptors (Lipinski definition) is 2. The van der Waals surface area contributed by atoms with E-state index in [4.69, 9.17) is 4.74 Å². The zero-order valence-corrected chi connectivity index (χ0v) is 12.3. The Morgan fingerprint density at radius 1 is 1.10 bits per heavy atom. The molecule has 0 bridgehead atoms. The Morgan fingerprint density at radius 2 is 1.90 bits per heavy atom. The summed E-state index contributed by atoms with van der Waals surface area (Å²) in [5, 5.41) is 0. The Hall–Kier alpha value is -2.09. The van der Waals surface area contributed by atoms with E-state index in [-0.39, 0.29) is 5.78 Å². The predicted octanol–water partition coefficient (Wildman–Crippen LogP) is 4.13. The summed E-state index contributed by atoms with van der Waals surface area (Å²) in [5.74, 6) is 0.882. The number of Topliss-reactive ketones (excluding diaryl/α,β-unsaturated/α-hetero) is 1. The highest BCUT2D eigenvalue weighted by atomic mass is 16.5. The normalized spacial score (nSPS) is 10.3. The molecule has 0 aromatic heterocycles. The maximum atomic E-state index is 12.2. The molecular formula is C18H20O2. The lowest BCUT2D eigenvalue weighted by atomic mass is 9.98. The first-order chi connectivity index (χ1) is 9.60. The van der Waals surface area contributed by atoms with Gasteiger partial charge in [-0.2, -0.15) is 0 Å². The molecule has 0 fully saturated rings.